The molecule has 1 aliphatic rings. The van der Waals surface area contributed by atoms with Gasteiger partial charge in [0, 0.05) is 10.4 Å². The zero-order chi connectivity index (χ0) is 26.7. The minimum atomic E-state index is -0.972. The van der Waals surface area contributed by atoms with Crippen LogP contribution in [-0.4, -0.2) is 33.9 Å². The molecular formula is C29H22ClN3O5. The van der Waals surface area contributed by atoms with Gasteiger partial charge in [-0.1, -0.05) is 23.7 Å². The van der Waals surface area contributed by atoms with Crippen molar-refractivity contribution >= 4 is 51.2 Å². The Balaban J connectivity index is 1.50. The average Bonchev–Trinajstić information content (AvgIpc) is 3.58. The van der Waals surface area contributed by atoms with E-state index in [4.69, 9.17) is 20.8 Å². The van der Waals surface area contributed by atoms with E-state index in [-0.39, 0.29) is 17.3 Å². The second kappa shape index (κ2) is 8.78. The third-order valence-electron chi connectivity index (χ3n) is 6.90. The molecule has 3 heterocycles. The van der Waals surface area contributed by atoms with E-state index >= 15 is 0 Å². The van der Waals surface area contributed by atoms with Crippen molar-refractivity contribution in [3.05, 3.63) is 99.5 Å². The van der Waals surface area contributed by atoms with Crippen molar-refractivity contribution < 1.29 is 23.8 Å². The third kappa shape index (κ3) is 3.72. The van der Waals surface area contributed by atoms with E-state index in [1.807, 2.05) is 26.0 Å². The number of hydrogen-bond donors (Lipinski definition) is 2. The number of hydrogen-bond acceptors (Lipinski definition) is 6. The Morgan fingerprint density at radius 1 is 1.08 bits per heavy atom. The molecule has 38 heavy (non-hydrogen) atoms. The monoisotopic (exact) mass is 527 g/mol. The Hall–Kier alpha value is -4.56. The molecule has 0 fully saturated rings. The number of carbonyl (C=O) groups excluding carboxylic acids is 2. The van der Waals surface area contributed by atoms with Gasteiger partial charge in [0.25, 0.3) is 5.91 Å². The summed E-state index contributed by atoms with van der Waals surface area (Å²) in [5.41, 5.74) is 4.45. The Morgan fingerprint density at radius 2 is 1.82 bits per heavy atom. The predicted octanol–water partition coefficient (Wildman–Crippen LogP) is 6.37. The van der Waals surface area contributed by atoms with Gasteiger partial charge in [-0.05, 0) is 79.1 Å². The zero-order valence-electron chi connectivity index (χ0n) is 20.7. The lowest BCUT2D eigenvalue weighted by molar-refractivity contribution is -0.117. The highest BCUT2D eigenvalue weighted by Crippen LogP contribution is 2.42. The Bertz CT molecular complexity index is 1760. The normalized spacial score (nSPS) is 15.7. The highest BCUT2D eigenvalue weighted by atomic mass is 35.5. The molecule has 1 aliphatic heterocycles. The maximum atomic E-state index is 13.8. The first-order valence-corrected chi connectivity index (χ1v) is 12.2. The number of furan rings is 1. The number of anilines is 1. The standard InChI is InChI=1S/C29H22ClN3O5/c1-14-10-20-21(11-15(14)2)32-29(31-20)33-25(16-4-7-19(37-3)8-5-16)24(27(35)28(33)36)26(34)23-13-17-12-18(30)6-9-22(17)38-23/h4-13,25,35H,1-3H3,(H,31,32). The zero-order valence-corrected chi connectivity index (χ0v) is 21.5. The Kier molecular flexibility index (Phi) is 5.50. The van der Waals surface area contributed by atoms with Crippen LogP contribution in [0.1, 0.15) is 33.3 Å². The number of amides is 1. The van der Waals surface area contributed by atoms with Gasteiger partial charge in [-0.15, -0.1) is 0 Å². The molecule has 3 aromatic carbocycles. The quantitative estimate of drug-likeness (QED) is 0.257. The number of carbonyl (C=O) groups is 2. The fourth-order valence-corrected chi connectivity index (χ4v) is 4.97. The van der Waals surface area contributed by atoms with Crippen molar-refractivity contribution in [3.63, 3.8) is 0 Å². The van der Waals surface area contributed by atoms with Gasteiger partial charge in [0.1, 0.15) is 11.3 Å². The molecule has 0 spiro atoms. The van der Waals surface area contributed by atoms with E-state index in [0.717, 1.165) is 16.6 Å². The summed E-state index contributed by atoms with van der Waals surface area (Å²) in [6.45, 7) is 3.97. The van der Waals surface area contributed by atoms with Crippen LogP contribution in [-0.2, 0) is 4.79 Å². The number of halogens is 1. The second-order valence-electron chi connectivity index (χ2n) is 9.25. The van der Waals surface area contributed by atoms with E-state index in [1.165, 1.54) is 4.90 Å². The molecule has 0 saturated heterocycles. The summed E-state index contributed by atoms with van der Waals surface area (Å²) in [5.74, 6) is -1.24. The van der Waals surface area contributed by atoms with Gasteiger partial charge < -0.3 is 19.2 Å². The van der Waals surface area contributed by atoms with Crippen LogP contribution in [0.2, 0.25) is 5.02 Å². The predicted molar refractivity (Wildman–Crippen MR) is 144 cm³/mol. The lowest BCUT2D eigenvalue weighted by atomic mass is 9.95. The van der Waals surface area contributed by atoms with Crippen molar-refractivity contribution in [2.45, 2.75) is 19.9 Å². The van der Waals surface area contributed by atoms with Crippen molar-refractivity contribution in [1.82, 2.24) is 9.97 Å². The van der Waals surface area contributed by atoms with Crippen LogP contribution in [0.5, 0.6) is 5.75 Å². The molecule has 1 unspecified atom stereocenters. The van der Waals surface area contributed by atoms with Gasteiger partial charge in [-0.2, -0.15) is 0 Å². The largest absolute Gasteiger partial charge is 0.503 e. The molecule has 0 bridgehead atoms. The number of H-pyrrole nitrogens is 1. The third-order valence-corrected chi connectivity index (χ3v) is 7.13. The minimum Gasteiger partial charge on any atom is -0.503 e. The molecule has 190 valence electrons. The van der Waals surface area contributed by atoms with Crippen LogP contribution in [0.25, 0.3) is 22.0 Å². The first-order chi connectivity index (χ1) is 18.2. The van der Waals surface area contributed by atoms with Crippen LogP contribution in [0.4, 0.5) is 5.95 Å². The van der Waals surface area contributed by atoms with E-state index < -0.39 is 23.5 Å². The SMILES string of the molecule is COc1ccc(C2C(C(=O)c3cc4cc(Cl)ccc4o3)=C(O)C(=O)N2c2nc3cc(C)c(C)cc3[nH]2)cc1. The summed E-state index contributed by atoms with van der Waals surface area (Å²) < 4.78 is 11.1. The molecule has 1 amide bonds. The number of aliphatic hydroxyl groups excluding tert-OH is 1. The van der Waals surface area contributed by atoms with Crippen molar-refractivity contribution in [3.8, 4) is 5.75 Å². The number of benzene rings is 3. The number of aryl methyl sites for hydroxylation is 2. The Morgan fingerprint density at radius 3 is 2.55 bits per heavy atom. The fourth-order valence-electron chi connectivity index (χ4n) is 4.79. The molecule has 0 aliphatic carbocycles. The molecule has 1 atom stereocenters. The van der Waals surface area contributed by atoms with Crippen LogP contribution in [0.15, 0.2) is 76.4 Å². The summed E-state index contributed by atoms with van der Waals surface area (Å²) >= 11 is 6.10. The van der Waals surface area contributed by atoms with E-state index in [0.29, 0.717) is 32.8 Å². The summed E-state index contributed by atoms with van der Waals surface area (Å²) in [6.07, 6.45) is 0. The van der Waals surface area contributed by atoms with Gasteiger partial charge in [0.2, 0.25) is 11.7 Å². The maximum absolute atomic E-state index is 13.8. The maximum Gasteiger partial charge on any atom is 0.296 e. The molecule has 2 N–H and O–H groups in total. The number of ether oxygens (including phenoxy) is 1. The van der Waals surface area contributed by atoms with Gasteiger partial charge in [-0.25, -0.2) is 4.98 Å². The molecule has 6 rings (SSSR count). The highest BCUT2D eigenvalue weighted by Gasteiger charge is 2.46. The topological polar surface area (TPSA) is 109 Å². The summed E-state index contributed by atoms with van der Waals surface area (Å²) in [7, 11) is 1.55. The molecule has 8 nitrogen and oxygen atoms in total. The first-order valence-electron chi connectivity index (χ1n) is 11.9. The number of imidazole rings is 1. The van der Waals surface area contributed by atoms with E-state index in [1.54, 1.807) is 55.6 Å². The van der Waals surface area contributed by atoms with Crippen LogP contribution >= 0.6 is 11.6 Å². The average molecular weight is 528 g/mol. The summed E-state index contributed by atoms with van der Waals surface area (Å²) in [5, 5.41) is 12.2. The van der Waals surface area contributed by atoms with Crippen molar-refractivity contribution in [1.29, 1.82) is 0 Å². The molecular weight excluding hydrogens is 506 g/mol. The molecule has 2 aromatic heterocycles. The minimum absolute atomic E-state index is 0.0205. The lowest BCUT2D eigenvalue weighted by Gasteiger charge is -2.24. The van der Waals surface area contributed by atoms with Crippen LogP contribution < -0.4 is 9.64 Å². The number of nitrogens with one attached hydrogen (secondary N) is 1. The van der Waals surface area contributed by atoms with E-state index in [2.05, 4.69) is 9.97 Å². The van der Waals surface area contributed by atoms with Gasteiger partial charge in [-0.3, -0.25) is 14.5 Å². The molecule has 9 heteroatoms. The number of aromatic nitrogens is 2. The summed E-state index contributed by atoms with van der Waals surface area (Å²) in [4.78, 5) is 36.5. The lowest BCUT2D eigenvalue weighted by Crippen LogP contribution is -2.32. The van der Waals surface area contributed by atoms with Crippen molar-refractivity contribution in [2.75, 3.05) is 12.0 Å². The number of Topliss-reactive ketones (excluding diaryl/α,β-unsaturated/α-hetero) is 1. The first kappa shape index (κ1) is 23.8. The number of aromatic amines is 1. The number of aliphatic hydroxyl groups is 1. The number of nitrogens with zero attached hydrogens (tertiary/aromatic N) is 2. The highest BCUT2D eigenvalue weighted by molar-refractivity contribution is 6.31. The molecule has 0 radical (unpaired) electrons. The van der Waals surface area contributed by atoms with E-state index in [9.17, 15) is 14.7 Å². The number of rotatable bonds is 5. The smallest absolute Gasteiger partial charge is 0.296 e. The molecule has 5 aromatic rings. The number of ketones is 1. The van der Waals surface area contributed by atoms with Gasteiger partial charge >= 0.3 is 0 Å². The Labute approximate surface area is 222 Å². The second-order valence-corrected chi connectivity index (χ2v) is 9.69. The van der Waals surface area contributed by atoms with Crippen LogP contribution in [0.3, 0.4) is 0 Å². The fraction of sp³-hybridized carbons (Fsp3) is 0.138. The van der Waals surface area contributed by atoms with Crippen LogP contribution in [0, 0.1) is 13.8 Å². The van der Waals surface area contributed by atoms with Gasteiger partial charge in [0.15, 0.2) is 11.5 Å². The molecule has 0 saturated carbocycles. The number of fused-ring (bicyclic) bond motifs is 2. The summed E-state index contributed by atoms with van der Waals surface area (Å²) in [6, 6.07) is 16.4. The van der Waals surface area contributed by atoms with Crippen molar-refractivity contribution in [2.24, 2.45) is 0 Å². The van der Waals surface area contributed by atoms with Gasteiger partial charge in [0.05, 0.1) is 29.8 Å². The number of methoxy groups -OCH3 is 1.